The van der Waals surface area contributed by atoms with Gasteiger partial charge in [-0.1, -0.05) is 0 Å². The zero-order chi connectivity index (χ0) is 16.4. The fourth-order valence-electron chi connectivity index (χ4n) is 1.97. The third kappa shape index (κ3) is 3.87. The molecule has 5 nitrogen and oxygen atoms in total. The van der Waals surface area contributed by atoms with Crippen molar-refractivity contribution < 1.29 is 23.8 Å². The highest BCUT2D eigenvalue weighted by Gasteiger charge is 2.23. The molecule has 1 aromatic carbocycles. The van der Waals surface area contributed by atoms with Crippen molar-refractivity contribution in [2.24, 2.45) is 5.92 Å². The van der Waals surface area contributed by atoms with Gasteiger partial charge >= 0.3 is 5.97 Å². The number of hydrogen-bond donors (Lipinski definition) is 2. The van der Waals surface area contributed by atoms with Gasteiger partial charge in [-0.05, 0) is 43.0 Å². The third-order valence-corrected chi connectivity index (χ3v) is 4.48. The molecule has 1 heterocycles. The summed E-state index contributed by atoms with van der Waals surface area (Å²) in [5.41, 5.74) is 0.363. The predicted octanol–water partition coefficient (Wildman–Crippen LogP) is 3.63. The van der Waals surface area contributed by atoms with Crippen molar-refractivity contribution in [3.8, 4) is 5.75 Å². The summed E-state index contributed by atoms with van der Waals surface area (Å²) in [7, 11) is 0. The van der Waals surface area contributed by atoms with Crippen molar-refractivity contribution in [3.63, 3.8) is 0 Å². The molecule has 0 spiro atoms. The molecule has 1 aromatic heterocycles. The molecule has 0 bridgehead atoms. The van der Waals surface area contributed by atoms with Crippen LogP contribution in [0.1, 0.15) is 32.2 Å². The summed E-state index contributed by atoms with van der Waals surface area (Å²) in [6.07, 6.45) is 2.20. The number of amides is 1. The molecular formula is C16H14FNO4S. The summed E-state index contributed by atoms with van der Waals surface area (Å²) < 4.78 is 19.0. The van der Waals surface area contributed by atoms with Gasteiger partial charge in [0.2, 0.25) is 0 Å². The number of carbonyl (C=O) groups is 2. The van der Waals surface area contributed by atoms with Crippen molar-refractivity contribution in [2.45, 2.75) is 12.8 Å². The van der Waals surface area contributed by atoms with Crippen LogP contribution >= 0.6 is 11.3 Å². The first kappa shape index (κ1) is 15.5. The highest BCUT2D eigenvalue weighted by Crippen LogP contribution is 2.32. The lowest BCUT2D eigenvalue weighted by molar-refractivity contribution is 0.0702. The fraction of sp³-hybridized carbons (Fsp3) is 0.250. The number of carboxylic acid groups (broad SMARTS) is 1. The number of thiophene rings is 1. The second-order valence-electron chi connectivity index (χ2n) is 5.32. The molecular weight excluding hydrogens is 321 g/mol. The van der Waals surface area contributed by atoms with Crippen LogP contribution in [-0.4, -0.2) is 23.6 Å². The molecule has 1 amide bonds. The first-order chi connectivity index (χ1) is 11.0. The van der Waals surface area contributed by atoms with Gasteiger partial charge in [-0.3, -0.25) is 4.79 Å². The average Bonchev–Trinajstić information content (AvgIpc) is 3.20. The Kier molecular flexibility index (Phi) is 4.29. The summed E-state index contributed by atoms with van der Waals surface area (Å²) in [6.45, 7) is 0.495. The van der Waals surface area contributed by atoms with Crippen LogP contribution in [0.2, 0.25) is 0 Å². The van der Waals surface area contributed by atoms with Crippen molar-refractivity contribution in [2.75, 3.05) is 11.9 Å². The van der Waals surface area contributed by atoms with Crippen LogP contribution in [0.4, 0.5) is 10.1 Å². The number of anilines is 1. The van der Waals surface area contributed by atoms with Gasteiger partial charge in [0.15, 0.2) is 0 Å². The van der Waals surface area contributed by atoms with Crippen LogP contribution in [0.5, 0.6) is 5.75 Å². The largest absolute Gasteiger partial charge is 0.491 e. The molecule has 0 aliphatic heterocycles. The first-order valence-corrected chi connectivity index (χ1v) is 7.91. The summed E-state index contributed by atoms with van der Waals surface area (Å²) in [5, 5.41) is 11.5. The number of benzene rings is 1. The summed E-state index contributed by atoms with van der Waals surface area (Å²) in [4.78, 5) is 23.4. The maximum absolute atomic E-state index is 13.4. The van der Waals surface area contributed by atoms with Gasteiger partial charge in [-0.25, -0.2) is 9.18 Å². The Morgan fingerprint density at radius 2 is 2.00 bits per heavy atom. The molecule has 3 rings (SSSR count). The summed E-state index contributed by atoms with van der Waals surface area (Å²) in [6, 6.07) is 6.71. The Hall–Kier alpha value is -2.41. The van der Waals surface area contributed by atoms with Crippen molar-refractivity contribution >= 4 is 28.9 Å². The van der Waals surface area contributed by atoms with E-state index in [9.17, 15) is 14.0 Å². The third-order valence-electron chi connectivity index (χ3n) is 3.40. The number of carboxylic acids is 1. The summed E-state index contributed by atoms with van der Waals surface area (Å²) in [5.74, 6) is -1.20. The molecule has 2 aromatic rings. The van der Waals surface area contributed by atoms with Gasteiger partial charge in [-0.15, -0.1) is 11.3 Å². The van der Waals surface area contributed by atoms with Gasteiger partial charge < -0.3 is 15.2 Å². The van der Waals surface area contributed by atoms with E-state index in [4.69, 9.17) is 9.84 Å². The Morgan fingerprint density at radius 3 is 2.65 bits per heavy atom. The number of ether oxygens (including phenoxy) is 1. The lowest BCUT2D eigenvalue weighted by Crippen LogP contribution is -2.12. The van der Waals surface area contributed by atoms with E-state index in [0.29, 0.717) is 18.2 Å². The van der Waals surface area contributed by atoms with Crippen LogP contribution in [-0.2, 0) is 0 Å². The van der Waals surface area contributed by atoms with Gasteiger partial charge in [0.05, 0.1) is 17.2 Å². The molecule has 1 aliphatic rings. The van der Waals surface area contributed by atoms with Crippen molar-refractivity contribution in [1.82, 2.24) is 0 Å². The Balaban J connectivity index is 1.74. The topological polar surface area (TPSA) is 75.6 Å². The number of carbonyl (C=O) groups excluding carboxylic acids is 1. The van der Waals surface area contributed by atoms with E-state index in [2.05, 4.69) is 5.32 Å². The van der Waals surface area contributed by atoms with Gasteiger partial charge in [0, 0.05) is 6.07 Å². The Bertz CT molecular complexity index is 754. The van der Waals surface area contributed by atoms with E-state index in [0.717, 1.165) is 24.2 Å². The van der Waals surface area contributed by atoms with Crippen LogP contribution < -0.4 is 10.1 Å². The van der Waals surface area contributed by atoms with Gasteiger partial charge in [0.25, 0.3) is 5.91 Å². The van der Waals surface area contributed by atoms with Crippen molar-refractivity contribution in [3.05, 3.63) is 45.9 Å². The van der Waals surface area contributed by atoms with Gasteiger partial charge in [0.1, 0.15) is 16.4 Å². The second-order valence-corrected chi connectivity index (χ2v) is 6.40. The number of nitrogens with one attached hydrogen (secondary N) is 1. The van der Waals surface area contributed by atoms with E-state index >= 15 is 0 Å². The number of hydrogen-bond acceptors (Lipinski definition) is 4. The van der Waals surface area contributed by atoms with Crippen molar-refractivity contribution in [1.29, 1.82) is 0 Å². The predicted molar refractivity (Wildman–Crippen MR) is 83.9 cm³/mol. The van der Waals surface area contributed by atoms with E-state index in [1.54, 1.807) is 0 Å². The molecule has 7 heteroatoms. The van der Waals surface area contributed by atoms with E-state index in [1.807, 2.05) is 0 Å². The number of rotatable bonds is 6. The van der Waals surface area contributed by atoms with Gasteiger partial charge in [-0.2, -0.15) is 0 Å². The second kappa shape index (κ2) is 6.37. The van der Waals surface area contributed by atoms with E-state index < -0.39 is 17.7 Å². The molecule has 0 radical (unpaired) electrons. The standard InChI is InChI=1S/C16H14FNO4S/c17-10-3-4-11(12(7-10)22-8-9-1-2-9)18-15(19)13-5-6-14(23-13)16(20)21/h3-7,9H,1-2,8H2,(H,18,19)(H,20,21). The minimum atomic E-state index is -1.08. The zero-order valence-electron chi connectivity index (χ0n) is 12.0. The molecule has 0 unspecified atom stereocenters. The molecule has 0 saturated heterocycles. The zero-order valence-corrected chi connectivity index (χ0v) is 12.9. The quantitative estimate of drug-likeness (QED) is 0.845. The highest BCUT2D eigenvalue weighted by molar-refractivity contribution is 7.15. The van der Waals surface area contributed by atoms with Crippen LogP contribution in [0, 0.1) is 11.7 Å². The molecule has 1 saturated carbocycles. The summed E-state index contributed by atoms with van der Waals surface area (Å²) >= 11 is 0.879. The van der Waals surface area contributed by atoms with E-state index in [-0.39, 0.29) is 15.5 Å². The van der Waals surface area contributed by atoms with Crippen LogP contribution in [0.25, 0.3) is 0 Å². The normalized spacial score (nSPS) is 13.6. The monoisotopic (exact) mass is 335 g/mol. The molecule has 1 aliphatic carbocycles. The van der Waals surface area contributed by atoms with Crippen LogP contribution in [0.3, 0.4) is 0 Å². The lowest BCUT2D eigenvalue weighted by Gasteiger charge is -2.12. The maximum atomic E-state index is 13.4. The van der Waals surface area contributed by atoms with Crippen LogP contribution in [0.15, 0.2) is 30.3 Å². The molecule has 0 atom stereocenters. The lowest BCUT2D eigenvalue weighted by atomic mass is 10.2. The number of halogens is 1. The minimum Gasteiger partial charge on any atom is -0.491 e. The minimum absolute atomic E-state index is 0.0828. The fourth-order valence-corrected chi connectivity index (χ4v) is 2.71. The first-order valence-electron chi connectivity index (χ1n) is 7.10. The Morgan fingerprint density at radius 1 is 1.26 bits per heavy atom. The molecule has 23 heavy (non-hydrogen) atoms. The smallest absolute Gasteiger partial charge is 0.345 e. The Labute approximate surface area is 135 Å². The molecule has 120 valence electrons. The van der Waals surface area contributed by atoms with E-state index in [1.165, 1.54) is 30.3 Å². The maximum Gasteiger partial charge on any atom is 0.345 e. The number of aromatic carboxylic acids is 1. The molecule has 1 fully saturated rings. The SMILES string of the molecule is O=C(O)c1ccc(C(=O)Nc2ccc(F)cc2OCC2CC2)s1. The molecule has 2 N–H and O–H groups in total. The highest BCUT2D eigenvalue weighted by atomic mass is 32.1. The average molecular weight is 335 g/mol.